The molecule has 1 aliphatic rings. The first-order chi connectivity index (χ1) is 8.63. The molecule has 0 aliphatic carbocycles. The van der Waals surface area contributed by atoms with Gasteiger partial charge in [-0.25, -0.2) is 4.39 Å². The average Bonchev–Trinajstić information content (AvgIpc) is 2.74. The van der Waals surface area contributed by atoms with Crippen molar-refractivity contribution in [1.82, 2.24) is 5.32 Å². The molecule has 4 nitrogen and oxygen atoms in total. The summed E-state index contributed by atoms with van der Waals surface area (Å²) < 4.78 is 18.9. The molecule has 1 saturated heterocycles. The van der Waals surface area contributed by atoms with Gasteiger partial charge in [-0.2, -0.15) is 0 Å². The number of nitrogens with one attached hydrogen (secondary N) is 2. The number of halogens is 1. The van der Waals surface area contributed by atoms with Crippen LogP contribution in [0.5, 0.6) is 0 Å². The first kappa shape index (κ1) is 12.8. The van der Waals surface area contributed by atoms with Gasteiger partial charge in [0.15, 0.2) is 0 Å². The summed E-state index contributed by atoms with van der Waals surface area (Å²) in [6, 6.07) is 4.44. The van der Waals surface area contributed by atoms with Gasteiger partial charge in [-0.3, -0.25) is 4.79 Å². The van der Waals surface area contributed by atoms with Crippen molar-refractivity contribution in [2.45, 2.75) is 25.5 Å². The molecule has 1 aliphatic heterocycles. The van der Waals surface area contributed by atoms with Gasteiger partial charge in [0.05, 0.1) is 23.4 Å². The predicted molar refractivity (Wildman–Crippen MR) is 67.2 cm³/mol. The lowest BCUT2D eigenvalue weighted by molar-refractivity contribution is 0.0866. The zero-order chi connectivity index (χ0) is 13.1. The van der Waals surface area contributed by atoms with Crippen LogP contribution in [0.1, 0.15) is 23.7 Å². The summed E-state index contributed by atoms with van der Waals surface area (Å²) in [5.74, 6) is -0.706. The normalized spacial score (nSPS) is 22.8. The van der Waals surface area contributed by atoms with Crippen molar-refractivity contribution in [1.29, 1.82) is 0 Å². The first-order valence-corrected chi connectivity index (χ1v) is 6.02. The van der Waals surface area contributed by atoms with Gasteiger partial charge < -0.3 is 15.4 Å². The Kier molecular flexibility index (Phi) is 3.81. The Labute approximate surface area is 106 Å². The quantitative estimate of drug-likeness (QED) is 0.862. The second-order valence-corrected chi connectivity index (χ2v) is 4.36. The van der Waals surface area contributed by atoms with Crippen LogP contribution in [0.15, 0.2) is 18.2 Å². The number of anilines is 1. The van der Waals surface area contributed by atoms with E-state index in [2.05, 4.69) is 10.6 Å². The number of ether oxygens (including phenoxy) is 1. The maximum absolute atomic E-state index is 13.5. The fourth-order valence-electron chi connectivity index (χ4n) is 2.13. The van der Waals surface area contributed by atoms with Gasteiger partial charge in [0.25, 0.3) is 5.91 Å². The van der Waals surface area contributed by atoms with Gasteiger partial charge in [-0.05, 0) is 25.5 Å². The van der Waals surface area contributed by atoms with Crippen molar-refractivity contribution < 1.29 is 13.9 Å². The number of para-hydroxylation sites is 1. The zero-order valence-electron chi connectivity index (χ0n) is 10.5. The summed E-state index contributed by atoms with van der Waals surface area (Å²) in [5.41, 5.74) is 0.540. The van der Waals surface area contributed by atoms with Crippen LogP contribution < -0.4 is 10.6 Å². The third-order valence-electron chi connectivity index (χ3n) is 3.20. The van der Waals surface area contributed by atoms with E-state index in [1.807, 2.05) is 6.92 Å². The average molecular weight is 252 g/mol. The lowest BCUT2D eigenvalue weighted by Crippen LogP contribution is -2.39. The fraction of sp³-hybridized carbons (Fsp3) is 0.462. The number of hydrogen-bond acceptors (Lipinski definition) is 3. The molecule has 0 spiro atoms. The van der Waals surface area contributed by atoms with Crippen LogP contribution in [0.2, 0.25) is 0 Å². The molecule has 1 amide bonds. The molecule has 2 unspecified atom stereocenters. The van der Waals surface area contributed by atoms with Crippen LogP contribution >= 0.6 is 0 Å². The molecule has 0 bridgehead atoms. The van der Waals surface area contributed by atoms with Crippen molar-refractivity contribution in [3.05, 3.63) is 29.6 Å². The summed E-state index contributed by atoms with van der Waals surface area (Å²) in [7, 11) is 1.59. The van der Waals surface area contributed by atoms with Gasteiger partial charge in [0.1, 0.15) is 5.82 Å². The van der Waals surface area contributed by atoms with Crippen LogP contribution in [0.4, 0.5) is 10.1 Å². The highest BCUT2D eigenvalue weighted by molar-refractivity contribution is 5.99. The van der Waals surface area contributed by atoms with Crippen LogP contribution in [0.25, 0.3) is 0 Å². The van der Waals surface area contributed by atoms with Crippen molar-refractivity contribution in [2.75, 3.05) is 19.0 Å². The first-order valence-electron chi connectivity index (χ1n) is 6.02. The predicted octanol–water partition coefficient (Wildman–Crippen LogP) is 1.77. The Morgan fingerprint density at radius 1 is 1.50 bits per heavy atom. The molecule has 2 N–H and O–H groups in total. The molecule has 0 saturated carbocycles. The lowest BCUT2D eigenvalue weighted by atomic mass is 10.1. The van der Waals surface area contributed by atoms with Crippen molar-refractivity contribution in [3.63, 3.8) is 0 Å². The van der Waals surface area contributed by atoms with Crippen LogP contribution in [0.3, 0.4) is 0 Å². The van der Waals surface area contributed by atoms with Gasteiger partial charge in [0.2, 0.25) is 0 Å². The smallest absolute Gasteiger partial charge is 0.253 e. The second-order valence-electron chi connectivity index (χ2n) is 4.36. The highest BCUT2D eigenvalue weighted by atomic mass is 19.1. The number of carbonyl (C=O) groups is 1. The van der Waals surface area contributed by atoms with E-state index in [9.17, 15) is 9.18 Å². The maximum atomic E-state index is 13.5. The van der Waals surface area contributed by atoms with E-state index in [1.165, 1.54) is 12.1 Å². The largest absolute Gasteiger partial charge is 0.385 e. The van der Waals surface area contributed by atoms with Crippen molar-refractivity contribution >= 4 is 11.6 Å². The zero-order valence-corrected chi connectivity index (χ0v) is 10.5. The number of amides is 1. The molecule has 5 heteroatoms. The lowest BCUT2D eigenvalue weighted by Gasteiger charge is -2.17. The van der Waals surface area contributed by atoms with Gasteiger partial charge in [-0.1, -0.05) is 6.07 Å². The van der Waals surface area contributed by atoms with E-state index in [0.717, 1.165) is 6.42 Å². The summed E-state index contributed by atoms with van der Waals surface area (Å²) in [6.45, 7) is 2.57. The van der Waals surface area contributed by atoms with Crippen LogP contribution in [0, 0.1) is 5.82 Å². The summed E-state index contributed by atoms with van der Waals surface area (Å²) >= 11 is 0. The standard InChI is InChI=1S/C13H17FN2O2/c1-8-11(6-7-18-8)16-13(17)9-4-3-5-10(14)12(9)15-2/h3-5,8,11,15H,6-7H2,1-2H3,(H,16,17). The summed E-state index contributed by atoms with van der Waals surface area (Å²) in [5, 5.41) is 5.59. The van der Waals surface area contributed by atoms with Crippen molar-refractivity contribution in [2.24, 2.45) is 0 Å². The van der Waals surface area contributed by atoms with E-state index >= 15 is 0 Å². The Balaban J connectivity index is 2.16. The highest BCUT2D eigenvalue weighted by Crippen LogP contribution is 2.20. The summed E-state index contributed by atoms with van der Waals surface area (Å²) in [4.78, 5) is 12.1. The molecule has 0 radical (unpaired) electrons. The molecule has 98 valence electrons. The molecule has 2 atom stereocenters. The number of carbonyl (C=O) groups excluding carboxylic acids is 1. The monoisotopic (exact) mass is 252 g/mol. The molecule has 1 fully saturated rings. The van der Waals surface area contributed by atoms with E-state index in [-0.39, 0.29) is 23.7 Å². The molecule has 0 aromatic heterocycles. The Morgan fingerprint density at radius 3 is 2.89 bits per heavy atom. The van der Waals surface area contributed by atoms with E-state index in [0.29, 0.717) is 12.2 Å². The van der Waals surface area contributed by atoms with Gasteiger partial charge in [-0.15, -0.1) is 0 Å². The molecule has 1 aromatic carbocycles. The Hall–Kier alpha value is -1.62. The Bertz CT molecular complexity index is 451. The van der Waals surface area contributed by atoms with E-state index in [1.54, 1.807) is 13.1 Å². The summed E-state index contributed by atoms with van der Waals surface area (Å²) in [6.07, 6.45) is 0.789. The van der Waals surface area contributed by atoms with E-state index < -0.39 is 5.82 Å². The molecule has 1 heterocycles. The third kappa shape index (κ3) is 2.46. The SMILES string of the molecule is CNc1c(F)cccc1C(=O)NC1CCOC1C. The molecular formula is C13H17FN2O2. The number of rotatable bonds is 3. The third-order valence-corrected chi connectivity index (χ3v) is 3.20. The van der Waals surface area contributed by atoms with Crippen LogP contribution in [-0.4, -0.2) is 31.7 Å². The van der Waals surface area contributed by atoms with Crippen LogP contribution in [-0.2, 0) is 4.74 Å². The fourth-order valence-corrected chi connectivity index (χ4v) is 2.13. The Morgan fingerprint density at radius 2 is 2.28 bits per heavy atom. The molecular weight excluding hydrogens is 235 g/mol. The minimum absolute atomic E-state index is 0.000505. The molecule has 18 heavy (non-hydrogen) atoms. The minimum atomic E-state index is -0.430. The number of hydrogen-bond donors (Lipinski definition) is 2. The topological polar surface area (TPSA) is 50.4 Å². The van der Waals surface area contributed by atoms with Gasteiger partial charge in [0, 0.05) is 13.7 Å². The van der Waals surface area contributed by atoms with Gasteiger partial charge >= 0.3 is 0 Å². The van der Waals surface area contributed by atoms with E-state index in [4.69, 9.17) is 4.74 Å². The van der Waals surface area contributed by atoms with Crippen molar-refractivity contribution in [3.8, 4) is 0 Å². The highest BCUT2D eigenvalue weighted by Gasteiger charge is 2.26. The second kappa shape index (κ2) is 5.35. The molecule has 1 aromatic rings. The minimum Gasteiger partial charge on any atom is -0.385 e. The maximum Gasteiger partial charge on any atom is 0.253 e. The molecule has 2 rings (SSSR count). The number of benzene rings is 1.